The van der Waals surface area contributed by atoms with Gasteiger partial charge in [0.15, 0.2) is 0 Å². The average Bonchev–Trinajstić information content (AvgIpc) is 3.16. The van der Waals surface area contributed by atoms with Gasteiger partial charge in [0.1, 0.15) is 17.2 Å². The Morgan fingerprint density at radius 1 is 1.06 bits per heavy atom. The Morgan fingerprint density at radius 3 is 2.53 bits per heavy atom. The molecule has 4 aromatic rings. The molecule has 0 unspecified atom stereocenters. The number of imidazole rings is 1. The highest BCUT2D eigenvalue weighted by molar-refractivity contribution is 5.77. The zero-order valence-electron chi connectivity index (χ0n) is 18.2. The van der Waals surface area contributed by atoms with Crippen LogP contribution in [0.4, 0.5) is 4.39 Å². The number of hydrogen-bond acceptors (Lipinski definition) is 3. The normalized spacial score (nSPS) is 11.1. The summed E-state index contributed by atoms with van der Waals surface area (Å²) in [5.74, 6) is 0.488. The Hall–Kier alpha value is -3.67. The second-order valence-corrected chi connectivity index (χ2v) is 7.93. The van der Waals surface area contributed by atoms with E-state index in [1.807, 2.05) is 66.9 Å². The highest BCUT2D eigenvalue weighted by atomic mass is 19.1. The lowest BCUT2D eigenvalue weighted by atomic mass is 10.1. The van der Waals surface area contributed by atoms with Crippen LogP contribution in [-0.4, -0.2) is 21.4 Å². The molecule has 0 radical (unpaired) electrons. The zero-order chi connectivity index (χ0) is 22.5. The predicted molar refractivity (Wildman–Crippen MR) is 123 cm³/mol. The predicted octanol–water partition coefficient (Wildman–Crippen LogP) is 5.18. The monoisotopic (exact) mass is 431 g/mol. The van der Waals surface area contributed by atoms with Crippen molar-refractivity contribution in [1.29, 1.82) is 0 Å². The molecule has 5 nitrogen and oxygen atoms in total. The molecular formula is C26H26FN3O2. The average molecular weight is 432 g/mol. The van der Waals surface area contributed by atoms with Crippen molar-refractivity contribution in [3.05, 3.63) is 90.0 Å². The number of ether oxygens (including phenoxy) is 1. The molecule has 6 heteroatoms. The summed E-state index contributed by atoms with van der Waals surface area (Å²) in [6.07, 6.45) is 2.90. The SMILES string of the molecule is CC(C)Oc1ccc(CNC(=O)CCc2c(-c3ccc(F)cc3)nc3ccccn23)cc1. The molecule has 0 spiro atoms. The van der Waals surface area contributed by atoms with Gasteiger partial charge >= 0.3 is 0 Å². The van der Waals surface area contributed by atoms with Gasteiger partial charge in [0, 0.05) is 24.7 Å². The van der Waals surface area contributed by atoms with Crippen molar-refractivity contribution in [3.8, 4) is 17.0 Å². The van der Waals surface area contributed by atoms with E-state index in [-0.39, 0.29) is 17.8 Å². The van der Waals surface area contributed by atoms with Crippen molar-refractivity contribution >= 4 is 11.6 Å². The first-order valence-electron chi connectivity index (χ1n) is 10.7. The van der Waals surface area contributed by atoms with Crippen molar-refractivity contribution < 1.29 is 13.9 Å². The fraction of sp³-hybridized carbons (Fsp3) is 0.231. The number of pyridine rings is 1. The van der Waals surface area contributed by atoms with Crippen LogP contribution < -0.4 is 10.1 Å². The summed E-state index contributed by atoms with van der Waals surface area (Å²) in [7, 11) is 0. The van der Waals surface area contributed by atoms with E-state index in [1.165, 1.54) is 12.1 Å². The van der Waals surface area contributed by atoms with Gasteiger partial charge in [0.25, 0.3) is 0 Å². The van der Waals surface area contributed by atoms with Crippen molar-refractivity contribution in [2.24, 2.45) is 0 Å². The van der Waals surface area contributed by atoms with Gasteiger partial charge in [0.2, 0.25) is 5.91 Å². The minimum Gasteiger partial charge on any atom is -0.491 e. The topological polar surface area (TPSA) is 55.6 Å². The van der Waals surface area contributed by atoms with Gasteiger partial charge in [-0.25, -0.2) is 9.37 Å². The molecule has 32 heavy (non-hydrogen) atoms. The maximum atomic E-state index is 13.4. The molecule has 0 aliphatic rings. The lowest BCUT2D eigenvalue weighted by Crippen LogP contribution is -2.23. The number of halogens is 1. The first-order chi connectivity index (χ1) is 15.5. The number of carbonyl (C=O) groups excluding carboxylic acids is 1. The molecule has 0 aliphatic heterocycles. The Morgan fingerprint density at radius 2 is 1.81 bits per heavy atom. The first-order valence-corrected chi connectivity index (χ1v) is 10.7. The standard InChI is InChI=1S/C26H26FN3O2/c1-18(2)32-22-12-6-19(7-13-22)17-28-25(31)15-14-23-26(20-8-10-21(27)11-9-20)29-24-5-3-4-16-30(23)24/h3-13,16,18H,14-15,17H2,1-2H3,(H,28,31). The molecule has 2 heterocycles. The van der Waals surface area contributed by atoms with Crippen molar-refractivity contribution in [2.45, 2.75) is 39.3 Å². The molecule has 0 aliphatic carbocycles. The molecule has 1 N–H and O–H groups in total. The number of aryl methyl sites for hydroxylation is 1. The van der Waals surface area contributed by atoms with Crippen LogP contribution in [-0.2, 0) is 17.8 Å². The Labute approximate surface area is 186 Å². The molecule has 0 saturated carbocycles. The van der Waals surface area contributed by atoms with Crippen molar-refractivity contribution in [1.82, 2.24) is 14.7 Å². The van der Waals surface area contributed by atoms with Crippen LogP contribution in [0, 0.1) is 5.82 Å². The number of aromatic nitrogens is 2. The lowest BCUT2D eigenvalue weighted by molar-refractivity contribution is -0.121. The van der Waals surface area contributed by atoms with E-state index in [0.29, 0.717) is 19.4 Å². The minimum atomic E-state index is -0.290. The van der Waals surface area contributed by atoms with Crippen molar-refractivity contribution in [2.75, 3.05) is 0 Å². The van der Waals surface area contributed by atoms with Crippen molar-refractivity contribution in [3.63, 3.8) is 0 Å². The second-order valence-electron chi connectivity index (χ2n) is 7.93. The summed E-state index contributed by atoms with van der Waals surface area (Å²) < 4.78 is 21.0. The van der Waals surface area contributed by atoms with Gasteiger partial charge < -0.3 is 14.5 Å². The number of hydrogen-bond donors (Lipinski definition) is 1. The minimum absolute atomic E-state index is 0.0385. The van der Waals surface area contributed by atoms with E-state index in [9.17, 15) is 9.18 Å². The Balaban J connectivity index is 1.43. The summed E-state index contributed by atoms with van der Waals surface area (Å²) in [6.45, 7) is 4.43. The highest BCUT2D eigenvalue weighted by Gasteiger charge is 2.15. The zero-order valence-corrected chi connectivity index (χ0v) is 18.2. The number of benzene rings is 2. The number of nitrogens with one attached hydrogen (secondary N) is 1. The van der Waals surface area contributed by atoms with Crippen LogP contribution >= 0.6 is 0 Å². The van der Waals surface area contributed by atoms with Gasteiger partial charge in [-0.1, -0.05) is 18.2 Å². The molecule has 1 amide bonds. The Bertz CT molecular complexity index is 1200. The quantitative estimate of drug-likeness (QED) is 0.418. The van der Waals surface area contributed by atoms with Crippen LogP contribution in [0.5, 0.6) is 5.75 Å². The smallest absolute Gasteiger partial charge is 0.220 e. The highest BCUT2D eigenvalue weighted by Crippen LogP contribution is 2.26. The number of amides is 1. The van der Waals surface area contributed by atoms with Gasteiger partial charge in [-0.15, -0.1) is 0 Å². The largest absolute Gasteiger partial charge is 0.491 e. The molecule has 0 fully saturated rings. The Kier molecular flexibility index (Phi) is 6.50. The third-order valence-corrected chi connectivity index (χ3v) is 5.12. The maximum absolute atomic E-state index is 13.4. The molecule has 164 valence electrons. The molecular weight excluding hydrogens is 405 g/mol. The molecule has 2 aromatic heterocycles. The van der Waals surface area contributed by atoms with Crippen LogP contribution in [0.15, 0.2) is 72.9 Å². The summed E-state index contributed by atoms with van der Waals surface area (Å²) >= 11 is 0. The lowest BCUT2D eigenvalue weighted by Gasteiger charge is -2.11. The third-order valence-electron chi connectivity index (χ3n) is 5.12. The molecule has 0 atom stereocenters. The molecule has 0 bridgehead atoms. The summed E-state index contributed by atoms with van der Waals surface area (Å²) in [6, 6.07) is 19.8. The number of carbonyl (C=O) groups is 1. The first kappa shape index (κ1) is 21.6. The second kappa shape index (κ2) is 9.64. The van der Waals surface area contributed by atoms with E-state index in [1.54, 1.807) is 12.1 Å². The maximum Gasteiger partial charge on any atom is 0.220 e. The van der Waals surface area contributed by atoms with Gasteiger partial charge in [-0.2, -0.15) is 0 Å². The van der Waals surface area contributed by atoms with E-state index >= 15 is 0 Å². The van der Waals surface area contributed by atoms with Gasteiger partial charge in [-0.3, -0.25) is 4.79 Å². The molecule has 0 saturated heterocycles. The van der Waals surface area contributed by atoms with Crippen LogP contribution in [0.25, 0.3) is 16.9 Å². The summed E-state index contributed by atoms with van der Waals surface area (Å²) in [4.78, 5) is 17.2. The number of rotatable bonds is 8. The van der Waals surface area contributed by atoms with Crippen LogP contribution in [0.1, 0.15) is 31.5 Å². The molecule has 2 aromatic carbocycles. The third kappa shape index (κ3) is 5.14. The van der Waals surface area contributed by atoms with E-state index in [2.05, 4.69) is 5.32 Å². The van der Waals surface area contributed by atoms with E-state index in [0.717, 1.165) is 33.9 Å². The van der Waals surface area contributed by atoms with Crippen LogP contribution in [0.3, 0.4) is 0 Å². The molecule has 4 rings (SSSR count). The van der Waals surface area contributed by atoms with Gasteiger partial charge in [-0.05, 0) is 74.4 Å². The van der Waals surface area contributed by atoms with E-state index < -0.39 is 0 Å². The van der Waals surface area contributed by atoms with E-state index in [4.69, 9.17) is 9.72 Å². The van der Waals surface area contributed by atoms with Gasteiger partial charge in [0.05, 0.1) is 17.5 Å². The summed E-state index contributed by atoms with van der Waals surface area (Å²) in [5, 5.41) is 2.98. The fourth-order valence-electron chi connectivity index (χ4n) is 3.60. The number of fused-ring (bicyclic) bond motifs is 1. The fourth-order valence-corrected chi connectivity index (χ4v) is 3.60. The van der Waals surface area contributed by atoms with Crippen LogP contribution in [0.2, 0.25) is 0 Å². The summed E-state index contributed by atoms with van der Waals surface area (Å²) in [5.41, 5.74) is 4.33. The number of nitrogens with zero attached hydrogens (tertiary/aromatic N) is 2.